The monoisotopic (exact) mass is 336 g/mol. The fraction of sp³-hybridized carbons (Fsp3) is 0.667. The van der Waals surface area contributed by atoms with Gasteiger partial charge in [0.15, 0.2) is 5.96 Å². The fourth-order valence-electron chi connectivity index (χ4n) is 2.32. The number of nitrogens with one attached hydrogen (secondary N) is 1. The summed E-state index contributed by atoms with van der Waals surface area (Å²) in [6.45, 7) is 10.7. The number of rotatable bonds is 11. The molecule has 23 heavy (non-hydrogen) atoms. The van der Waals surface area contributed by atoms with Gasteiger partial charge in [0.1, 0.15) is 0 Å². The number of thiazole rings is 1. The minimum absolute atomic E-state index is 0.849. The Kier molecular flexibility index (Phi) is 10.4. The van der Waals surface area contributed by atoms with Gasteiger partial charge in [-0.2, -0.15) is 0 Å². The summed E-state index contributed by atoms with van der Waals surface area (Å²) in [6.07, 6.45) is 8.87. The van der Waals surface area contributed by atoms with E-state index in [9.17, 15) is 0 Å². The minimum atomic E-state index is 0.849. The van der Waals surface area contributed by atoms with Crippen molar-refractivity contribution in [2.75, 3.05) is 26.7 Å². The molecule has 0 aromatic carbocycles. The Morgan fingerprint density at radius 1 is 1.39 bits per heavy atom. The molecule has 0 unspecified atom stereocenters. The van der Waals surface area contributed by atoms with E-state index in [4.69, 9.17) is 4.99 Å². The van der Waals surface area contributed by atoms with Gasteiger partial charge in [-0.05, 0) is 39.5 Å². The zero-order chi connectivity index (χ0) is 16.9. The summed E-state index contributed by atoms with van der Waals surface area (Å²) in [5.41, 5.74) is 1.12. The predicted octanol–water partition coefficient (Wildman–Crippen LogP) is 4.03. The van der Waals surface area contributed by atoms with Gasteiger partial charge in [-0.1, -0.05) is 12.5 Å². The second kappa shape index (κ2) is 12.1. The second-order valence-electron chi connectivity index (χ2n) is 5.78. The third kappa shape index (κ3) is 8.74. The number of unbranched alkanes of at least 4 members (excludes halogenated alkanes) is 3. The van der Waals surface area contributed by atoms with Crippen LogP contribution in [0.2, 0.25) is 0 Å². The lowest BCUT2D eigenvalue weighted by atomic mass is 10.2. The molecule has 0 bridgehead atoms. The van der Waals surface area contributed by atoms with Crippen LogP contribution >= 0.6 is 11.3 Å². The van der Waals surface area contributed by atoms with E-state index in [1.54, 1.807) is 11.3 Å². The fourth-order valence-corrected chi connectivity index (χ4v) is 3.14. The Morgan fingerprint density at radius 3 is 2.87 bits per heavy atom. The van der Waals surface area contributed by atoms with Gasteiger partial charge in [0.25, 0.3) is 0 Å². The summed E-state index contributed by atoms with van der Waals surface area (Å²) in [6, 6.07) is 0. The minimum Gasteiger partial charge on any atom is -0.357 e. The first-order valence-electron chi connectivity index (χ1n) is 8.68. The number of hydrogen-bond donors (Lipinski definition) is 1. The smallest absolute Gasteiger partial charge is 0.193 e. The lowest BCUT2D eigenvalue weighted by molar-refractivity contribution is 0.455. The molecule has 0 amide bonds. The molecule has 0 atom stereocenters. The first kappa shape index (κ1) is 19.7. The molecular formula is C18H32N4S. The average molecular weight is 337 g/mol. The maximum absolute atomic E-state index is 4.74. The van der Waals surface area contributed by atoms with Crippen LogP contribution < -0.4 is 5.32 Å². The van der Waals surface area contributed by atoms with Crippen molar-refractivity contribution in [2.45, 2.75) is 52.4 Å². The lowest BCUT2D eigenvalue weighted by Gasteiger charge is -2.22. The van der Waals surface area contributed by atoms with E-state index in [1.807, 2.05) is 13.0 Å². The highest BCUT2D eigenvalue weighted by atomic mass is 32.1. The van der Waals surface area contributed by atoms with Crippen molar-refractivity contribution < 1.29 is 0 Å². The summed E-state index contributed by atoms with van der Waals surface area (Å²) in [5.74, 6) is 1.02. The molecule has 1 rings (SSSR count). The van der Waals surface area contributed by atoms with Gasteiger partial charge in [-0.15, -0.1) is 17.9 Å². The lowest BCUT2D eigenvalue weighted by Crippen LogP contribution is -2.39. The molecule has 5 heteroatoms. The van der Waals surface area contributed by atoms with Gasteiger partial charge < -0.3 is 10.2 Å². The zero-order valence-electron chi connectivity index (χ0n) is 15.0. The molecule has 1 aromatic rings. The second-order valence-corrected chi connectivity index (χ2v) is 6.72. The molecule has 0 aliphatic carbocycles. The normalized spacial score (nSPS) is 11.5. The van der Waals surface area contributed by atoms with Crippen molar-refractivity contribution >= 4 is 17.3 Å². The Morgan fingerprint density at radius 2 is 2.22 bits per heavy atom. The van der Waals surface area contributed by atoms with Crippen LogP contribution in [-0.4, -0.2) is 42.5 Å². The SMILES string of the molecule is C=CCCCCCN(C)C(=NCCCc1nc(C)cs1)NCC. The molecule has 1 N–H and O–H groups in total. The third-order valence-electron chi connectivity index (χ3n) is 3.58. The molecule has 0 radical (unpaired) electrons. The summed E-state index contributed by atoms with van der Waals surface area (Å²) in [7, 11) is 2.12. The van der Waals surface area contributed by atoms with Crippen molar-refractivity contribution in [1.29, 1.82) is 0 Å². The largest absolute Gasteiger partial charge is 0.357 e. The summed E-state index contributed by atoms with van der Waals surface area (Å²) in [5, 5.41) is 6.72. The molecule has 0 fully saturated rings. The van der Waals surface area contributed by atoms with Crippen LogP contribution in [0.5, 0.6) is 0 Å². The third-order valence-corrected chi connectivity index (χ3v) is 4.60. The number of guanidine groups is 1. The van der Waals surface area contributed by atoms with Crippen LogP contribution in [-0.2, 0) is 6.42 Å². The molecule has 130 valence electrons. The van der Waals surface area contributed by atoms with Crippen molar-refractivity contribution in [3.63, 3.8) is 0 Å². The Bertz CT molecular complexity index is 467. The van der Waals surface area contributed by atoms with Crippen LogP contribution in [0.3, 0.4) is 0 Å². The summed E-state index contributed by atoms with van der Waals surface area (Å²) in [4.78, 5) is 11.5. The highest BCUT2D eigenvalue weighted by molar-refractivity contribution is 7.09. The van der Waals surface area contributed by atoms with Gasteiger partial charge in [-0.3, -0.25) is 4.99 Å². The molecule has 0 aliphatic rings. The van der Waals surface area contributed by atoms with Crippen LogP contribution in [0.15, 0.2) is 23.0 Å². The van der Waals surface area contributed by atoms with E-state index in [2.05, 4.69) is 41.1 Å². The van der Waals surface area contributed by atoms with Crippen LogP contribution in [0.1, 0.15) is 49.7 Å². The van der Waals surface area contributed by atoms with E-state index in [0.29, 0.717) is 0 Å². The van der Waals surface area contributed by atoms with E-state index < -0.39 is 0 Å². The van der Waals surface area contributed by atoms with Crippen LogP contribution in [0, 0.1) is 6.92 Å². The molecule has 0 aliphatic heterocycles. The number of allylic oxidation sites excluding steroid dienone is 1. The van der Waals surface area contributed by atoms with Crippen LogP contribution in [0.25, 0.3) is 0 Å². The first-order valence-corrected chi connectivity index (χ1v) is 9.56. The highest BCUT2D eigenvalue weighted by Gasteiger charge is 2.05. The molecule has 1 aromatic heterocycles. The van der Waals surface area contributed by atoms with Gasteiger partial charge >= 0.3 is 0 Å². The Labute approximate surface area is 145 Å². The number of aromatic nitrogens is 1. The number of hydrogen-bond acceptors (Lipinski definition) is 3. The quantitative estimate of drug-likeness (QED) is 0.287. The Balaban J connectivity index is 2.31. The maximum atomic E-state index is 4.74. The molecule has 0 saturated carbocycles. The molecule has 0 saturated heterocycles. The van der Waals surface area contributed by atoms with Crippen molar-refractivity contribution in [2.24, 2.45) is 4.99 Å². The van der Waals surface area contributed by atoms with E-state index in [1.165, 1.54) is 24.3 Å². The maximum Gasteiger partial charge on any atom is 0.193 e. The van der Waals surface area contributed by atoms with Crippen molar-refractivity contribution in [1.82, 2.24) is 15.2 Å². The molecule has 4 nitrogen and oxygen atoms in total. The Hall–Kier alpha value is -1.36. The van der Waals surface area contributed by atoms with E-state index >= 15 is 0 Å². The van der Waals surface area contributed by atoms with Gasteiger partial charge in [-0.25, -0.2) is 4.98 Å². The first-order chi connectivity index (χ1) is 11.2. The zero-order valence-corrected chi connectivity index (χ0v) is 15.8. The molecule has 0 spiro atoms. The number of aryl methyl sites for hydroxylation is 2. The standard InChI is InChI=1S/C18H32N4S/c1-5-7-8-9-10-14-22(4)18(19-6-2)20-13-11-12-17-21-16(3)15-23-17/h5,15H,1,6-14H2,2-4H3,(H,19,20). The number of nitrogens with zero attached hydrogens (tertiary/aromatic N) is 3. The van der Waals surface area contributed by atoms with Crippen LogP contribution in [0.4, 0.5) is 0 Å². The summed E-state index contributed by atoms with van der Waals surface area (Å²) < 4.78 is 0. The van der Waals surface area contributed by atoms with Gasteiger partial charge in [0, 0.05) is 44.2 Å². The predicted molar refractivity (Wildman–Crippen MR) is 102 cm³/mol. The number of aliphatic imine (C=N–C) groups is 1. The van der Waals surface area contributed by atoms with E-state index in [0.717, 1.165) is 50.6 Å². The van der Waals surface area contributed by atoms with Crippen molar-refractivity contribution in [3.8, 4) is 0 Å². The van der Waals surface area contributed by atoms with Crippen molar-refractivity contribution in [3.05, 3.63) is 28.7 Å². The molecule has 1 heterocycles. The summed E-state index contributed by atoms with van der Waals surface area (Å²) >= 11 is 1.75. The van der Waals surface area contributed by atoms with E-state index in [-0.39, 0.29) is 0 Å². The topological polar surface area (TPSA) is 40.5 Å². The highest BCUT2D eigenvalue weighted by Crippen LogP contribution is 2.10. The van der Waals surface area contributed by atoms with Gasteiger partial charge in [0.2, 0.25) is 0 Å². The molecular weight excluding hydrogens is 304 g/mol. The average Bonchev–Trinajstić information content (AvgIpc) is 2.95. The van der Waals surface area contributed by atoms with Gasteiger partial charge in [0.05, 0.1) is 5.01 Å².